The van der Waals surface area contributed by atoms with Crippen molar-refractivity contribution in [3.8, 4) is 0 Å². The van der Waals surface area contributed by atoms with Crippen molar-refractivity contribution in [3.05, 3.63) is 36.5 Å². The van der Waals surface area contributed by atoms with E-state index in [2.05, 4.69) is 43.5 Å². The Hall–Kier alpha value is -1.92. The number of aliphatic hydroxyl groups is 2. The number of hydrogen-bond acceptors (Lipinski definition) is 5. The van der Waals surface area contributed by atoms with Crippen molar-refractivity contribution in [1.82, 2.24) is 5.32 Å². The predicted octanol–water partition coefficient (Wildman–Crippen LogP) is 24.3. The standard InChI is InChI=1S/C76H145NO5/c1-3-5-7-9-11-13-15-17-18-19-20-21-22-30-33-36-39-42-45-48-52-56-60-64-68-74(79)73(72-78)77-75(80)69-65-61-57-53-49-46-43-40-37-34-31-28-26-24-23-25-27-29-32-35-38-41-44-47-51-55-59-63-67-71-82-76(81)70-66-62-58-54-50-16-14-12-10-8-6-4-2/h23,25,29,32,64,68,73-74,78-79H,3-22,24,26-28,30-31,33-63,65-67,69-72H2,1-2H3,(H,77,80)/b25-23-,32-29-,68-64+. The van der Waals surface area contributed by atoms with Gasteiger partial charge in [0.1, 0.15) is 0 Å². The lowest BCUT2D eigenvalue weighted by molar-refractivity contribution is -0.143. The quantitative estimate of drug-likeness (QED) is 0.0320. The fourth-order valence-corrected chi connectivity index (χ4v) is 11.7. The number of esters is 1. The maximum Gasteiger partial charge on any atom is 0.305 e. The van der Waals surface area contributed by atoms with Gasteiger partial charge in [-0.3, -0.25) is 9.59 Å². The van der Waals surface area contributed by atoms with Gasteiger partial charge in [-0.05, 0) is 64.2 Å². The highest BCUT2D eigenvalue weighted by Crippen LogP contribution is 2.19. The molecule has 0 aromatic heterocycles. The monoisotopic (exact) mass is 1150 g/mol. The lowest BCUT2D eigenvalue weighted by Gasteiger charge is -2.20. The molecular weight excluding hydrogens is 1010 g/mol. The molecule has 6 heteroatoms. The van der Waals surface area contributed by atoms with Crippen molar-refractivity contribution < 1.29 is 24.5 Å². The van der Waals surface area contributed by atoms with Crippen LogP contribution in [0.4, 0.5) is 0 Å². The minimum absolute atomic E-state index is 0.0129. The molecule has 82 heavy (non-hydrogen) atoms. The van der Waals surface area contributed by atoms with Gasteiger partial charge in [-0.25, -0.2) is 0 Å². The molecule has 2 unspecified atom stereocenters. The van der Waals surface area contributed by atoms with Crippen LogP contribution in [0.5, 0.6) is 0 Å². The first kappa shape index (κ1) is 80.1. The number of carbonyl (C=O) groups excluding carboxylic acids is 2. The molecule has 0 bridgehead atoms. The molecule has 0 aliphatic rings. The summed E-state index contributed by atoms with van der Waals surface area (Å²) in [5.74, 6) is -0.0516. The second-order valence-corrected chi connectivity index (χ2v) is 25.6. The molecular formula is C76H145NO5. The van der Waals surface area contributed by atoms with Gasteiger partial charge in [0.15, 0.2) is 0 Å². The van der Waals surface area contributed by atoms with E-state index in [0.29, 0.717) is 19.4 Å². The Morgan fingerprint density at radius 2 is 0.610 bits per heavy atom. The Bertz CT molecular complexity index is 1330. The fraction of sp³-hybridized carbons (Fsp3) is 0.895. The summed E-state index contributed by atoms with van der Waals surface area (Å²) in [6, 6.07) is -0.630. The SMILES string of the molecule is CCCCCCCCCCCCCCCCCCCCCCCC/C=C/C(O)C(CO)NC(=O)CCCCCCCCCCCCCCC/C=C\C/C=C\CCCCCCCCCCCOC(=O)CCCCCCCCCCCCCC. The zero-order valence-electron chi connectivity index (χ0n) is 55.5. The fourth-order valence-electron chi connectivity index (χ4n) is 11.7. The minimum Gasteiger partial charge on any atom is -0.466 e. The molecule has 6 nitrogen and oxygen atoms in total. The van der Waals surface area contributed by atoms with E-state index < -0.39 is 12.1 Å². The first-order valence-corrected chi connectivity index (χ1v) is 37.3. The van der Waals surface area contributed by atoms with E-state index in [1.165, 1.54) is 340 Å². The van der Waals surface area contributed by atoms with Crippen LogP contribution in [0.2, 0.25) is 0 Å². The second-order valence-electron chi connectivity index (χ2n) is 25.6. The summed E-state index contributed by atoms with van der Waals surface area (Å²) in [5, 5.41) is 23.3. The Balaban J connectivity index is 3.43. The Labute approximate surface area is 513 Å². The van der Waals surface area contributed by atoms with Gasteiger partial charge in [-0.1, -0.05) is 371 Å². The highest BCUT2D eigenvalue weighted by molar-refractivity contribution is 5.76. The summed E-state index contributed by atoms with van der Waals surface area (Å²) in [6.07, 6.45) is 92.4. The number of amides is 1. The third-order valence-electron chi connectivity index (χ3n) is 17.4. The molecule has 484 valence electrons. The molecule has 0 aliphatic heterocycles. The van der Waals surface area contributed by atoms with Crippen molar-refractivity contribution in [1.29, 1.82) is 0 Å². The molecule has 0 aliphatic carbocycles. The van der Waals surface area contributed by atoms with Gasteiger partial charge >= 0.3 is 5.97 Å². The van der Waals surface area contributed by atoms with Gasteiger partial charge in [0.2, 0.25) is 5.91 Å². The molecule has 0 heterocycles. The van der Waals surface area contributed by atoms with Crippen LogP contribution in [0.3, 0.4) is 0 Å². The summed E-state index contributed by atoms with van der Waals surface area (Å²) in [5.41, 5.74) is 0. The highest BCUT2D eigenvalue weighted by Gasteiger charge is 2.18. The summed E-state index contributed by atoms with van der Waals surface area (Å²) >= 11 is 0. The largest absolute Gasteiger partial charge is 0.466 e. The van der Waals surface area contributed by atoms with Crippen LogP contribution in [0, 0.1) is 0 Å². The number of carbonyl (C=O) groups is 2. The van der Waals surface area contributed by atoms with E-state index in [9.17, 15) is 19.8 Å². The maximum absolute atomic E-state index is 12.5. The summed E-state index contributed by atoms with van der Waals surface area (Å²) in [6.45, 7) is 4.94. The number of nitrogens with one attached hydrogen (secondary N) is 1. The van der Waals surface area contributed by atoms with Gasteiger partial charge in [-0.15, -0.1) is 0 Å². The number of allylic oxidation sites excluding steroid dienone is 5. The molecule has 0 saturated carbocycles. The lowest BCUT2D eigenvalue weighted by atomic mass is 10.0. The summed E-state index contributed by atoms with van der Waals surface area (Å²) in [4.78, 5) is 24.6. The van der Waals surface area contributed by atoms with E-state index in [4.69, 9.17) is 4.74 Å². The molecule has 0 radical (unpaired) electrons. The minimum atomic E-state index is -0.847. The molecule has 3 N–H and O–H groups in total. The molecule has 2 atom stereocenters. The van der Waals surface area contributed by atoms with Crippen molar-refractivity contribution >= 4 is 11.9 Å². The van der Waals surface area contributed by atoms with Gasteiger partial charge in [0.05, 0.1) is 25.4 Å². The van der Waals surface area contributed by atoms with E-state index >= 15 is 0 Å². The van der Waals surface area contributed by atoms with E-state index in [-0.39, 0.29) is 18.5 Å². The normalized spacial score (nSPS) is 12.7. The Morgan fingerprint density at radius 3 is 0.927 bits per heavy atom. The van der Waals surface area contributed by atoms with Crippen LogP contribution < -0.4 is 5.32 Å². The highest BCUT2D eigenvalue weighted by atomic mass is 16.5. The van der Waals surface area contributed by atoms with E-state index in [0.717, 1.165) is 44.9 Å². The van der Waals surface area contributed by atoms with Crippen LogP contribution >= 0.6 is 0 Å². The van der Waals surface area contributed by atoms with Crippen LogP contribution in [0.1, 0.15) is 412 Å². The smallest absolute Gasteiger partial charge is 0.305 e. The average Bonchev–Trinajstić information content (AvgIpc) is 3.48. The Kier molecular flexibility index (Phi) is 69.9. The molecule has 0 spiro atoms. The zero-order chi connectivity index (χ0) is 59.2. The first-order chi connectivity index (χ1) is 40.5. The third-order valence-corrected chi connectivity index (χ3v) is 17.4. The number of unbranched alkanes of at least 4 members (excludes halogenated alkanes) is 55. The number of rotatable bonds is 70. The second kappa shape index (κ2) is 71.6. The zero-order valence-corrected chi connectivity index (χ0v) is 55.5. The van der Waals surface area contributed by atoms with Gasteiger partial charge in [-0.2, -0.15) is 0 Å². The van der Waals surface area contributed by atoms with E-state index in [1.807, 2.05) is 6.08 Å². The summed E-state index contributed by atoms with van der Waals surface area (Å²) in [7, 11) is 0. The molecule has 0 aromatic rings. The molecule has 0 fully saturated rings. The topological polar surface area (TPSA) is 95.9 Å². The van der Waals surface area contributed by atoms with Gasteiger partial charge < -0.3 is 20.3 Å². The first-order valence-electron chi connectivity index (χ1n) is 37.3. The third kappa shape index (κ3) is 67.2. The summed E-state index contributed by atoms with van der Waals surface area (Å²) < 4.78 is 5.48. The molecule has 0 saturated heterocycles. The van der Waals surface area contributed by atoms with Crippen LogP contribution in [0.25, 0.3) is 0 Å². The molecule has 0 aromatic carbocycles. The van der Waals surface area contributed by atoms with Crippen LogP contribution in [0.15, 0.2) is 36.5 Å². The van der Waals surface area contributed by atoms with Gasteiger partial charge in [0, 0.05) is 12.8 Å². The van der Waals surface area contributed by atoms with Crippen molar-refractivity contribution in [3.63, 3.8) is 0 Å². The number of aliphatic hydroxyl groups excluding tert-OH is 2. The van der Waals surface area contributed by atoms with Gasteiger partial charge in [0.25, 0.3) is 0 Å². The van der Waals surface area contributed by atoms with Crippen LogP contribution in [-0.4, -0.2) is 47.4 Å². The predicted molar refractivity (Wildman–Crippen MR) is 361 cm³/mol. The molecule has 1 amide bonds. The van der Waals surface area contributed by atoms with Crippen molar-refractivity contribution in [2.24, 2.45) is 0 Å². The van der Waals surface area contributed by atoms with E-state index in [1.54, 1.807) is 6.08 Å². The molecule has 0 rings (SSSR count). The van der Waals surface area contributed by atoms with Crippen LogP contribution in [-0.2, 0) is 14.3 Å². The Morgan fingerprint density at radius 1 is 0.341 bits per heavy atom. The van der Waals surface area contributed by atoms with Crippen molar-refractivity contribution in [2.75, 3.05) is 13.2 Å². The number of ether oxygens (including phenoxy) is 1. The average molecular weight is 1150 g/mol. The number of hydrogen-bond donors (Lipinski definition) is 3. The van der Waals surface area contributed by atoms with Crippen molar-refractivity contribution in [2.45, 2.75) is 424 Å². The lowest BCUT2D eigenvalue weighted by Crippen LogP contribution is -2.45. The maximum atomic E-state index is 12.5.